The number of nitrogens with one attached hydrogen (secondary N) is 1. The number of nitrogens with zero attached hydrogens (tertiary/aromatic N) is 1. The van der Waals surface area contributed by atoms with Crippen molar-refractivity contribution in [1.29, 1.82) is 0 Å². The van der Waals surface area contributed by atoms with Gasteiger partial charge in [-0.05, 0) is 18.2 Å². The van der Waals surface area contributed by atoms with Gasteiger partial charge in [0.25, 0.3) is 0 Å². The molecule has 0 bridgehead atoms. The second-order valence-electron chi connectivity index (χ2n) is 2.91. The van der Waals surface area contributed by atoms with Gasteiger partial charge in [0.05, 0.1) is 11.3 Å². The monoisotopic (exact) mass is 218 g/mol. The molecule has 15 heavy (non-hydrogen) atoms. The number of halogens is 3. The molecule has 0 aliphatic carbocycles. The van der Waals surface area contributed by atoms with E-state index >= 15 is 0 Å². The SMILES string of the molecule is CN(C=O)Nc1cccc(C(F)(F)F)c1. The molecule has 1 aromatic rings. The average molecular weight is 218 g/mol. The van der Waals surface area contributed by atoms with E-state index in [1.54, 1.807) is 0 Å². The fourth-order valence-corrected chi connectivity index (χ4v) is 0.995. The van der Waals surface area contributed by atoms with Crippen LogP contribution in [0.1, 0.15) is 5.56 Å². The summed E-state index contributed by atoms with van der Waals surface area (Å²) in [6.45, 7) is 0. The van der Waals surface area contributed by atoms with Gasteiger partial charge in [0.1, 0.15) is 0 Å². The molecular formula is C9H9F3N2O. The number of amides is 1. The molecule has 1 N–H and O–H groups in total. The molecule has 3 nitrogen and oxygen atoms in total. The number of carbonyl (C=O) groups excluding carboxylic acids is 1. The smallest absolute Gasteiger partial charge is 0.297 e. The van der Waals surface area contributed by atoms with Gasteiger partial charge in [-0.2, -0.15) is 13.2 Å². The third-order valence-corrected chi connectivity index (χ3v) is 1.65. The van der Waals surface area contributed by atoms with E-state index < -0.39 is 11.7 Å². The summed E-state index contributed by atoms with van der Waals surface area (Å²) in [5.74, 6) is 0. The summed E-state index contributed by atoms with van der Waals surface area (Å²) in [5, 5.41) is 1.02. The standard InChI is InChI=1S/C9H9F3N2O/c1-14(6-15)13-8-4-2-3-7(5-8)9(10,11)12/h2-6,13H,1H3. The van der Waals surface area contributed by atoms with Crippen LogP contribution < -0.4 is 5.43 Å². The molecule has 82 valence electrons. The molecule has 0 atom stereocenters. The molecular weight excluding hydrogens is 209 g/mol. The summed E-state index contributed by atoms with van der Waals surface area (Å²) in [6.07, 6.45) is -3.92. The van der Waals surface area contributed by atoms with Gasteiger partial charge < -0.3 is 0 Å². The molecule has 0 heterocycles. The summed E-state index contributed by atoms with van der Waals surface area (Å²) >= 11 is 0. The summed E-state index contributed by atoms with van der Waals surface area (Å²) in [6, 6.07) is 4.60. The summed E-state index contributed by atoms with van der Waals surface area (Å²) in [4.78, 5) is 10.2. The molecule has 6 heteroatoms. The fraction of sp³-hybridized carbons (Fsp3) is 0.222. The number of benzene rings is 1. The van der Waals surface area contributed by atoms with E-state index in [9.17, 15) is 18.0 Å². The lowest BCUT2D eigenvalue weighted by molar-refractivity contribution is -0.137. The molecule has 1 aromatic carbocycles. The Hall–Kier alpha value is -1.72. The molecule has 0 aromatic heterocycles. The second-order valence-corrected chi connectivity index (χ2v) is 2.91. The van der Waals surface area contributed by atoms with Crippen molar-refractivity contribution in [2.75, 3.05) is 12.5 Å². The maximum Gasteiger partial charge on any atom is 0.416 e. The van der Waals surface area contributed by atoms with E-state index in [2.05, 4.69) is 5.43 Å². The molecule has 0 radical (unpaired) electrons. The van der Waals surface area contributed by atoms with Crippen LogP contribution in [0.4, 0.5) is 18.9 Å². The molecule has 1 rings (SSSR count). The lowest BCUT2D eigenvalue weighted by atomic mass is 10.2. The topological polar surface area (TPSA) is 32.3 Å². The van der Waals surface area contributed by atoms with E-state index in [0.717, 1.165) is 17.1 Å². The molecule has 0 fully saturated rings. The van der Waals surface area contributed by atoms with Gasteiger partial charge in [-0.1, -0.05) is 6.07 Å². The predicted octanol–water partition coefficient (Wildman–Crippen LogP) is 2.12. The third kappa shape index (κ3) is 3.16. The van der Waals surface area contributed by atoms with E-state index in [1.807, 2.05) is 0 Å². The lowest BCUT2D eigenvalue weighted by Crippen LogP contribution is -2.23. The number of rotatable bonds is 3. The Balaban J connectivity index is 2.88. The van der Waals surface area contributed by atoms with Gasteiger partial charge in [0, 0.05) is 7.05 Å². The largest absolute Gasteiger partial charge is 0.416 e. The number of alkyl halides is 3. The minimum absolute atomic E-state index is 0.208. The molecule has 0 aliphatic heterocycles. The summed E-state index contributed by atoms with van der Waals surface area (Å²) < 4.78 is 36.8. The molecule has 0 spiro atoms. The Morgan fingerprint density at radius 3 is 2.60 bits per heavy atom. The van der Waals surface area contributed by atoms with Crippen molar-refractivity contribution in [3.63, 3.8) is 0 Å². The quantitative estimate of drug-likeness (QED) is 0.622. The zero-order valence-corrected chi connectivity index (χ0v) is 7.88. The number of hydrazine groups is 1. The average Bonchev–Trinajstić information content (AvgIpc) is 2.17. The van der Waals surface area contributed by atoms with Crippen molar-refractivity contribution in [1.82, 2.24) is 5.01 Å². The number of hydrogen-bond donors (Lipinski definition) is 1. The van der Waals surface area contributed by atoms with Gasteiger partial charge in [0.2, 0.25) is 6.41 Å². The highest BCUT2D eigenvalue weighted by Crippen LogP contribution is 2.30. The third-order valence-electron chi connectivity index (χ3n) is 1.65. The van der Waals surface area contributed by atoms with Gasteiger partial charge in [-0.15, -0.1) is 0 Å². The van der Waals surface area contributed by atoms with E-state index in [0.29, 0.717) is 6.41 Å². The Bertz CT molecular complexity index is 351. The van der Waals surface area contributed by atoms with E-state index in [4.69, 9.17) is 0 Å². The lowest BCUT2D eigenvalue weighted by Gasteiger charge is -2.15. The zero-order valence-electron chi connectivity index (χ0n) is 7.88. The maximum atomic E-state index is 12.3. The van der Waals surface area contributed by atoms with Crippen LogP contribution >= 0.6 is 0 Å². The van der Waals surface area contributed by atoms with E-state index in [-0.39, 0.29) is 5.69 Å². The van der Waals surface area contributed by atoms with Crippen LogP contribution in [-0.4, -0.2) is 18.5 Å². The van der Waals surface area contributed by atoms with Crippen molar-refractivity contribution in [3.8, 4) is 0 Å². The first kappa shape index (κ1) is 11.4. The van der Waals surface area contributed by atoms with Crippen molar-refractivity contribution in [2.24, 2.45) is 0 Å². The number of carbonyl (C=O) groups is 1. The first-order chi connectivity index (χ1) is 6.93. The van der Waals surface area contributed by atoms with Crippen LogP contribution in [0, 0.1) is 0 Å². The highest BCUT2D eigenvalue weighted by atomic mass is 19.4. The Kier molecular flexibility index (Phi) is 3.18. The highest BCUT2D eigenvalue weighted by Gasteiger charge is 2.30. The summed E-state index contributed by atoms with van der Waals surface area (Å²) in [7, 11) is 1.40. The van der Waals surface area contributed by atoms with Crippen LogP contribution in [-0.2, 0) is 11.0 Å². The van der Waals surface area contributed by atoms with Crippen LogP contribution in [0.2, 0.25) is 0 Å². The fourth-order valence-electron chi connectivity index (χ4n) is 0.995. The first-order valence-electron chi connectivity index (χ1n) is 4.05. The van der Waals surface area contributed by atoms with Crippen molar-refractivity contribution >= 4 is 12.1 Å². The Labute approximate surface area is 84.5 Å². The molecule has 0 saturated heterocycles. The number of hydrogen-bond acceptors (Lipinski definition) is 2. The van der Waals surface area contributed by atoms with Gasteiger partial charge in [0.15, 0.2) is 0 Å². The summed E-state index contributed by atoms with van der Waals surface area (Å²) in [5.41, 5.74) is 1.92. The molecule has 1 amide bonds. The highest BCUT2D eigenvalue weighted by molar-refractivity contribution is 5.54. The molecule has 0 saturated carbocycles. The zero-order chi connectivity index (χ0) is 11.5. The van der Waals surface area contributed by atoms with Crippen LogP contribution in [0.25, 0.3) is 0 Å². The van der Waals surface area contributed by atoms with Crippen LogP contribution in [0.5, 0.6) is 0 Å². The van der Waals surface area contributed by atoms with Gasteiger partial charge >= 0.3 is 6.18 Å². The predicted molar refractivity (Wildman–Crippen MR) is 48.9 cm³/mol. The van der Waals surface area contributed by atoms with Gasteiger partial charge in [-0.3, -0.25) is 15.2 Å². The van der Waals surface area contributed by atoms with Crippen molar-refractivity contribution in [2.45, 2.75) is 6.18 Å². The maximum absolute atomic E-state index is 12.3. The minimum Gasteiger partial charge on any atom is -0.297 e. The number of anilines is 1. The normalized spacial score (nSPS) is 10.9. The van der Waals surface area contributed by atoms with Crippen molar-refractivity contribution < 1.29 is 18.0 Å². The van der Waals surface area contributed by atoms with E-state index in [1.165, 1.54) is 19.2 Å². The minimum atomic E-state index is -4.38. The first-order valence-corrected chi connectivity index (χ1v) is 4.05. The van der Waals surface area contributed by atoms with Crippen LogP contribution in [0.15, 0.2) is 24.3 Å². The Morgan fingerprint density at radius 1 is 1.40 bits per heavy atom. The molecule has 0 unspecified atom stereocenters. The van der Waals surface area contributed by atoms with Crippen LogP contribution in [0.3, 0.4) is 0 Å². The van der Waals surface area contributed by atoms with Gasteiger partial charge in [-0.25, -0.2) is 0 Å². The second kappa shape index (κ2) is 4.20. The van der Waals surface area contributed by atoms with Crippen molar-refractivity contribution in [3.05, 3.63) is 29.8 Å². The molecule has 0 aliphatic rings. The Morgan fingerprint density at radius 2 is 2.07 bits per heavy atom.